The topological polar surface area (TPSA) is 65.4 Å². The van der Waals surface area contributed by atoms with E-state index in [9.17, 15) is 9.90 Å². The van der Waals surface area contributed by atoms with Crippen molar-refractivity contribution in [1.82, 2.24) is 4.98 Å². The molecule has 5 heterocycles. The van der Waals surface area contributed by atoms with E-state index < -0.39 is 0 Å². The lowest BCUT2D eigenvalue weighted by Gasteiger charge is -1.96. The van der Waals surface area contributed by atoms with Crippen LogP contribution >= 0.6 is 46.6 Å². The van der Waals surface area contributed by atoms with Crippen LogP contribution in [0.2, 0.25) is 0 Å². The normalized spacial score (nSPS) is 13.7. The zero-order chi connectivity index (χ0) is 17.3. The molecule has 4 nitrogen and oxygen atoms in total. The number of thiol groups is 1. The maximum Gasteiger partial charge on any atom is 0.280 e. The number of hydrogen-bond donors (Lipinski definition) is 3. The number of fused-ring (bicyclic) bond motifs is 2. The summed E-state index contributed by atoms with van der Waals surface area (Å²) in [5.74, 6) is -0.335. The fourth-order valence-corrected chi connectivity index (χ4v) is 6.37. The van der Waals surface area contributed by atoms with Crippen LogP contribution in [0.15, 0.2) is 33.5 Å². The van der Waals surface area contributed by atoms with Gasteiger partial charge >= 0.3 is 0 Å². The summed E-state index contributed by atoms with van der Waals surface area (Å²) < 4.78 is 2.32. The zero-order valence-electron chi connectivity index (χ0n) is 12.8. The van der Waals surface area contributed by atoms with E-state index in [-0.39, 0.29) is 11.8 Å². The van der Waals surface area contributed by atoms with Crippen LogP contribution in [0.1, 0.15) is 25.7 Å². The lowest BCUT2D eigenvalue weighted by molar-refractivity contribution is 0.101. The number of H-pyrrole nitrogens is 1. The summed E-state index contributed by atoms with van der Waals surface area (Å²) >= 11 is 9.19. The van der Waals surface area contributed by atoms with Crippen molar-refractivity contribution in [2.75, 3.05) is 0 Å². The Kier molecular flexibility index (Phi) is 3.27. The van der Waals surface area contributed by atoms with Crippen LogP contribution < -0.4 is 0 Å². The molecule has 8 heteroatoms. The molecule has 5 rings (SSSR count). The highest BCUT2D eigenvalue weighted by atomic mass is 32.1. The van der Waals surface area contributed by atoms with Gasteiger partial charge in [0.1, 0.15) is 0 Å². The number of hydrogen-bond acceptors (Lipinski definition) is 6. The van der Waals surface area contributed by atoms with Crippen molar-refractivity contribution in [1.29, 1.82) is 0 Å². The smallest absolute Gasteiger partial charge is 0.280 e. The van der Waals surface area contributed by atoms with Gasteiger partial charge in [0.2, 0.25) is 0 Å². The van der Waals surface area contributed by atoms with Gasteiger partial charge in [0.25, 0.3) is 5.91 Å². The summed E-state index contributed by atoms with van der Waals surface area (Å²) in [7, 11) is 0. The summed E-state index contributed by atoms with van der Waals surface area (Å²) in [6.07, 6.45) is 0. The third-order valence-corrected chi connectivity index (χ3v) is 7.94. The van der Waals surface area contributed by atoms with Crippen LogP contribution in [0.4, 0.5) is 0 Å². The molecule has 124 valence electrons. The van der Waals surface area contributed by atoms with Gasteiger partial charge in [0.05, 0.1) is 32.3 Å². The van der Waals surface area contributed by atoms with Gasteiger partial charge in [-0.05, 0) is 30.5 Å². The molecular formula is C17H10N2O2S4. The molecule has 0 aliphatic carbocycles. The van der Waals surface area contributed by atoms with Crippen LogP contribution in [0.3, 0.4) is 0 Å². The molecule has 0 radical (unpaired) electrons. The minimum atomic E-state index is -0.319. The Morgan fingerprint density at radius 3 is 2.72 bits per heavy atom. The predicted octanol–water partition coefficient (Wildman–Crippen LogP) is 5.31. The minimum absolute atomic E-state index is 0.0156. The first-order valence-electron chi connectivity index (χ1n) is 7.38. The number of thiophene rings is 3. The molecule has 0 fully saturated rings. The third kappa shape index (κ3) is 2.18. The number of carbonyl (C=O) groups is 1. The zero-order valence-corrected chi connectivity index (χ0v) is 16.1. The first-order chi connectivity index (χ1) is 12.0. The molecule has 0 atom stereocenters. The Balaban J connectivity index is 1.70. The number of aromatic nitrogens is 1. The van der Waals surface area contributed by atoms with E-state index in [2.05, 4.69) is 28.7 Å². The second kappa shape index (κ2) is 5.31. The Labute approximate surface area is 159 Å². The Morgan fingerprint density at radius 1 is 1.16 bits per heavy atom. The summed E-state index contributed by atoms with van der Waals surface area (Å²) in [5.41, 5.74) is 2.11. The van der Waals surface area contributed by atoms with Gasteiger partial charge in [-0.25, -0.2) is 4.99 Å². The van der Waals surface area contributed by atoms with E-state index in [1.807, 2.05) is 24.4 Å². The van der Waals surface area contributed by atoms with Crippen LogP contribution in [-0.2, 0) is 0 Å². The monoisotopic (exact) mass is 402 g/mol. The SMILES string of the molecule is Cc1sc(-c2[nH]c(O)c3c2C(=O)N=C3c2cc3sccc3s2)cc1S. The average Bonchev–Trinajstić information content (AvgIpc) is 3.31. The number of nitrogens with one attached hydrogen (secondary N) is 1. The van der Waals surface area contributed by atoms with Gasteiger partial charge in [-0.1, -0.05) is 0 Å². The molecule has 0 saturated heterocycles. The van der Waals surface area contributed by atoms with Crippen molar-refractivity contribution in [3.8, 4) is 16.5 Å². The fraction of sp³-hybridized carbons (Fsp3) is 0.0588. The van der Waals surface area contributed by atoms with Crippen molar-refractivity contribution in [3.05, 3.63) is 44.5 Å². The van der Waals surface area contributed by atoms with Crippen LogP contribution in [0, 0.1) is 6.92 Å². The summed E-state index contributed by atoms with van der Waals surface area (Å²) in [5, 5.41) is 12.5. The van der Waals surface area contributed by atoms with Gasteiger partial charge in [0, 0.05) is 19.2 Å². The van der Waals surface area contributed by atoms with Crippen molar-refractivity contribution < 1.29 is 9.90 Å². The number of aromatic amines is 1. The van der Waals surface area contributed by atoms with E-state index in [0.29, 0.717) is 22.5 Å². The number of nitrogens with zero attached hydrogens (tertiary/aromatic N) is 1. The van der Waals surface area contributed by atoms with Crippen molar-refractivity contribution in [3.63, 3.8) is 0 Å². The number of aryl methyl sites for hydroxylation is 1. The average molecular weight is 403 g/mol. The maximum absolute atomic E-state index is 12.6. The van der Waals surface area contributed by atoms with Gasteiger partial charge in [0.15, 0.2) is 5.88 Å². The largest absolute Gasteiger partial charge is 0.494 e. The third-order valence-electron chi connectivity index (χ3n) is 4.15. The highest BCUT2D eigenvalue weighted by Crippen LogP contribution is 2.43. The van der Waals surface area contributed by atoms with E-state index >= 15 is 0 Å². The van der Waals surface area contributed by atoms with E-state index in [4.69, 9.17) is 0 Å². The molecule has 0 saturated carbocycles. The molecule has 1 amide bonds. The summed E-state index contributed by atoms with van der Waals surface area (Å²) in [4.78, 5) is 23.5. The number of carbonyl (C=O) groups excluding carboxylic acids is 1. The van der Waals surface area contributed by atoms with Gasteiger partial charge in [-0.15, -0.1) is 46.6 Å². The van der Waals surface area contributed by atoms with E-state index in [1.165, 1.54) is 11.3 Å². The first-order valence-corrected chi connectivity index (χ1v) is 10.3. The van der Waals surface area contributed by atoms with Gasteiger partial charge in [-0.3, -0.25) is 4.79 Å². The Hall–Kier alpha value is -1.87. The van der Waals surface area contributed by atoms with E-state index in [0.717, 1.165) is 28.9 Å². The highest BCUT2D eigenvalue weighted by Gasteiger charge is 2.34. The summed E-state index contributed by atoms with van der Waals surface area (Å²) in [6, 6.07) is 5.98. The minimum Gasteiger partial charge on any atom is -0.494 e. The molecule has 4 aromatic rings. The quantitative estimate of drug-likeness (QED) is 0.398. The molecule has 2 N–H and O–H groups in total. The lowest BCUT2D eigenvalue weighted by Crippen LogP contribution is -1.96. The predicted molar refractivity (Wildman–Crippen MR) is 107 cm³/mol. The Bertz CT molecular complexity index is 1160. The number of amides is 1. The van der Waals surface area contributed by atoms with Crippen molar-refractivity contribution in [2.45, 2.75) is 11.8 Å². The van der Waals surface area contributed by atoms with Crippen molar-refractivity contribution in [2.24, 2.45) is 4.99 Å². The first kappa shape index (κ1) is 15.4. The fourth-order valence-electron chi connectivity index (χ4n) is 2.99. The molecule has 0 bridgehead atoms. The molecule has 4 aromatic heterocycles. The molecule has 0 spiro atoms. The highest BCUT2D eigenvalue weighted by molar-refractivity contribution is 7.80. The number of aliphatic imine (C=N–C) groups is 1. The Morgan fingerprint density at radius 2 is 2.00 bits per heavy atom. The standard InChI is InChI=1S/C17H10N2O2S4/c1-6-7(22)4-10(24-6)14-12-13(17(21)18-14)15(19-16(12)20)11-5-9-8(25-11)2-3-23-9/h2-5,18,21-22H,1H3. The molecular weight excluding hydrogens is 392 g/mol. The molecule has 25 heavy (non-hydrogen) atoms. The second-order valence-electron chi connectivity index (χ2n) is 5.68. The lowest BCUT2D eigenvalue weighted by atomic mass is 10.1. The number of aromatic hydroxyl groups is 1. The second-order valence-corrected chi connectivity index (χ2v) is 9.45. The van der Waals surface area contributed by atoms with E-state index in [1.54, 1.807) is 22.7 Å². The molecule has 1 aliphatic rings. The van der Waals surface area contributed by atoms with Gasteiger partial charge < -0.3 is 10.1 Å². The van der Waals surface area contributed by atoms with Crippen LogP contribution in [-0.4, -0.2) is 21.7 Å². The summed E-state index contributed by atoms with van der Waals surface area (Å²) in [6.45, 7) is 1.97. The van der Waals surface area contributed by atoms with Crippen LogP contribution in [0.25, 0.3) is 20.0 Å². The van der Waals surface area contributed by atoms with Crippen LogP contribution in [0.5, 0.6) is 5.88 Å². The number of rotatable bonds is 2. The maximum atomic E-state index is 12.6. The molecule has 0 unspecified atom stereocenters. The molecule has 1 aliphatic heterocycles. The molecule has 0 aromatic carbocycles. The van der Waals surface area contributed by atoms with Crippen molar-refractivity contribution >= 4 is 67.7 Å². The van der Waals surface area contributed by atoms with Gasteiger partial charge in [-0.2, -0.15) is 0 Å².